The average molecular weight is 286 g/mol. The van der Waals surface area contributed by atoms with E-state index in [1.54, 1.807) is 17.1 Å². The van der Waals surface area contributed by atoms with Gasteiger partial charge in [-0.2, -0.15) is 5.10 Å². The topological polar surface area (TPSA) is 51.0 Å². The van der Waals surface area contributed by atoms with Crippen LogP contribution in [0.3, 0.4) is 0 Å². The summed E-state index contributed by atoms with van der Waals surface area (Å²) in [7, 11) is 0. The molecule has 0 atom stereocenters. The van der Waals surface area contributed by atoms with Gasteiger partial charge in [-0.25, -0.2) is 0 Å². The zero-order valence-electron chi connectivity index (χ0n) is 12.7. The van der Waals surface area contributed by atoms with Crippen molar-refractivity contribution in [2.45, 2.75) is 33.2 Å². The van der Waals surface area contributed by atoms with Crippen LogP contribution < -0.4 is 0 Å². The third-order valence-electron chi connectivity index (χ3n) is 3.27. The van der Waals surface area contributed by atoms with Crippen LogP contribution in [0.5, 0.6) is 0 Å². The van der Waals surface area contributed by atoms with Crippen molar-refractivity contribution in [2.24, 2.45) is 0 Å². The minimum absolute atomic E-state index is 0.107. The second kappa shape index (κ2) is 7.57. The zero-order chi connectivity index (χ0) is 15.1. The van der Waals surface area contributed by atoms with Gasteiger partial charge < -0.3 is 4.90 Å². The number of hydrogen-bond donors (Lipinski definition) is 0. The van der Waals surface area contributed by atoms with Gasteiger partial charge in [0.1, 0.15) is 6.54 Å². The number of aryl methyl sites for hydroxylation is 1. The molecule has 0 bridgehead atoms. The molecule has 2 aromatic heterocycles. The first-order chi connectivity index (χ1) is 10.2. The first-order valence-electron chi connectivity index (χ1n) is 7.35. The second-order valence-corrected chi connectivity index (χ2v) is 5.17. The van der Waals surface area contributed by atoms with Crippen LogP contribution in [-0.4, -0.2) is 38.7 Å². The molecule has 0 radical (unpaired) electrons. The lowest BCUT2D eigenvalue weighted by Gasteiger charge is -2.22. The summed E-state index contributed by atoms with van der Waals surface area (Å²) in [5, 5.41) is 4.17. The molecule has 0 saturated carbocycles. The highest BCUT2D eigenvalue weighted by Gasteiger charge is 2.13. The Morgan fingerprint density at radius 3 is 2.81 bits per heavy atom. The van der Waals surface area contributed by atoms with Crippen molar-refractivity contribution in [3.8, 4) is 0 Å². The fourth-order valence-corrected chi connectivity index (χ4v) is 2.22. The fourth-order valence-electron chi connectivity index (χ4n) is 2.22. The molecular weight excluding hydrogens is 264 g/mol. The highest BCUT2D eigenvalue weighted by atomic mass is 16.2. The molecule has 0 aliphatic rings. The van der Waals surface area contributed by atoms with Gasteiger partial charge in [0.15, 0.2) is 0 Å². The fraction of sp³-hybridized carbons (Fsp3) is 0.438. The number of hydrogen-bond acceptors (Lipinski definition) is 3. The molecule has 1 amide bonds. The lowest BCUT2D eigenvalue weighted by Crippen LogP contribution is -2.36. The van der Waals surface area contributed by atoms with Crippen LogP contribution in [0.25, 0.3) is 0 Å². The van der Waals surface area contributed by atoms with Gasteiger partial charge in [-0.3, -0.25) is 14.5 Å². The van der Waals surface area contributed by atoms with E-state index in [0.717, 1.165) is 30.6 Å². The summed E-state index contributed by atoms with van der Waals surface area (Å²) in [6, 6.07) is 5.87. The van der Waals surface area contributed by atoms with Gasteiger partial charge in [0.2, 0.25) is 5.91 Å². The molecular formula is C16H22N4O. The predicted octanol–water partition coefficient (Wildman–Crippen LogP) is 2.07. The van der Waals surface area contributed by atoms with E-state index in [4.69, 9.17) is 0 Å². The molecule has 21 heavy (non-hydrogen) atoms. The quantitative estimate of drug-likeness (QED) is 0.783. The Hall–Kier alpha value is -2.17. The van der Waals surface area contributed by atoms with Crippen LogP contribution in [-0.2, 0) is 17.8 Å². The average Bonchev–Trinajstić information content (AvgIpc) is 2.89. The minimum Gasteiger partial charge on any atom is -0.341 e. The number of aromatic nitrogens is 3. The van der Waals surface area contributed by atoms with Crippen molar-refractivity contribution >= 4 is 5.91 Å². The van der Waals surface area contributed by atoms with Crippen LogP contribution in [0.1, 0.15) is 24.6 Å². The molecule has 0 saturated heterocycles. The summed E-state index contributed by atoms with van der Waals surface area (Å²) >= 11 is 0. The highest BCUT2D eigenvalue weighted by Crippen LogP contribution is 2.02. The van der Waals surface area contributed by atoms with Gasteiger partial charge >= 0.3 is 0 Å². The molecule has 0 N–H and O–H groups in total. The second-order valence-electron chi connectivity index (χ2n) is 5.17. The molecule has 0 unspecified atom stereocenters. The van der Waals surface area contributed by atoms with Crippen LogP contribution in [0, 0.1) is 6.92 Å². The van der Waals surface area contributed by atoms with E-state index in [1.807, 2.05) is 36.2 Å². The Balaban J connectivity index is 1.92. The van der Waals surface area contributed by atoms with Crippen molar-refractivity contribution in [2.75, 3.05) is 13.1 Å². The summed E-state index contributed by atoms with van der Waals surface area (Å²) in [5.74, 6) is 0.107. The first-order valence-corrected chi connectivity index (χ1v) is 7.35. The van der Waals surface area contributed by atoms with E-state index < -0.39 is 0 Å². The number of nitrogens with zero attached hydrogens (tertiary/aromatic N) is 4. The van der Waals surface area contributed by atoms with Crippen LogP contribution in [0.15, 0.2) is 36.8 Å². The van der Waals surface area contributed by atoms with E-state index in [1.165, 1.54) is 0 Å². The molecule has 112 valence electrons. The van der Waals surface area contributed by atoms with Crippen molar-refractivity contribution in [1.82, 2.24) is 19.7 Å². The Kier molecular flexibility index (Phi) is 5.49. The van der Waals surface area contributed by atoms with Gasteiger partial charge in [0.05, 0.1) is 6.20 Å². The summed E-state index contributed by atoms with van der Waals surface area (Å²) in [4.78, 5) is 18.6. The monoisotopic (exact) mass is 286 g/mol. The lowest BCUT2D eigenvalue weighted by molar-refractivity contribution is -0.132. The molecule has 0 spiro atoms. The maximum absolute atomic E-state index is 12.4. The first kappa shape index (κ1) is 15.2. The minimum atomic E-state index is 0.107. The Bertz CT molecular complexity index is 565. The number of pyridine rings is 1. The van der Waals surface area contributed by atoms with E-state index in [9.17, 15) is 4.79 Å². The van der Waals surface area contributed by atoms with Gasteiger partial charge in [-0.15, -0.1) is 0 Å². The van der Waals surface area contributed by atoms with E-state index in [0.29, 0.717) is 13.1 Å². The summed E-state index contributed by atoms with van der Waals surface area (Å²) in [6.07, 6.45) is 7.18. The molecule has 2 heterocycles. The third-order valence-corrected chi connectivity index (χ3v) is 3.27. The predicted molar refractivity (Wildman–Crippen MR) is 81.8 cm³/mol. The van der Waals surface area contributed by atoms with Gasteiger partial charge in [-0.1, -0.05) is 13.0 Å². The van der Waals surface area contributed by atoms with Crippen LogP contribution in [0.2, 0.25) is 0 Å². The Morgan fingerprint density at radius 1 is 1.33 bits per heavy atom. The van der Waals surface area contributed by atoms with Crippen molar-refractivity contribution in [3.05, 3.63) is 48.0 Å². The SMILES string of the molecule is CCCN(CCc1ccccn1)C(=O)Cn1cc(C)cn1. The maximum Gasteiger partial charge on any atom is 0.244 e. The number of carbonyl (C=O) groups excluding carboxylic acids is 1. The molecule has 0 aromatic carbocycles. The normalized spacial score (nSPS) is 10.6. The lowest BCUT2D eigenvalue weighted by atomic mass is 10.2. The Morgan fingerprint density at radius 2 is 2.19 bits per heavy atom. The van der Waals surface area contributed by atoms with E-state index in [-0.39, 0.29) is 5.91 Å². The summed E-state index contributed by atoms with van der Waals surface area (Å²) in [6.45, 7) is 5.82. The molecule has 0 fully saturated rings. The van der Waals surface area contributed by atoms with Crippen molar-refractivity contribution in [3.63, 3.8) is 0 Å². The molecule has 2 rings (SSSR count). The van der Waals surface area contributed by atoms with Gasteiger partial charge in [0, 0.05) is 37.6 Å². The van der Waals surface area contributed by atoms with Crippen LogP contribution in [0.4, 0.5) is 0 Å². The van der Waals surface area contributed by atoms with Crippen molar-refractivity contribution in [1.29, 1.82) is 0 Å². The molecule has 5 heteroatoms. The van der Waals surface area contributed by atoms with Gasteiger partial charge in [-0.05, 0) is 31.0 Å². The zero-order valence-corrected chi connectivity index (χ0v) is 12.7. The van der Waals surface area contributed by atoms with Gasteiger partial charge in [0.25, 0.3) is 0 Å². The van der Waals surface area contributed by atoms with Crippen LogP contribution >= 0.6 is 0 Å². The smallest absolute Gasteiger partial charge is 0.244 e. The summed E-state index contributed by atoms with van der Waals surface area (Å²) in [5.41, 5.74) is 2.08. The summed E-state index contributed by atoms with van der Waals surface area (Å²) < 4.78 is 1.70. The number of carbonyl (C=O) groups is 1. The molecule has 0 aliphatic carbocycles. The number of amides is 1. The molecule has 5 nitrogen and oxygen atoms in total. The third kappa shape index (κ3) is 4.70. The largest absolute Gasteiger partial charge is 0.341 e. The maximum atomic E-state index is 12.4. The van der Waals surface area contributed by atoms with Crippen molar-refractivity contribution < 1.29 is 4.79 Å². The van der Waals surface area contributed by atoms with E-state index in [2.05, 4.69) is 17.0 Å². The highest BCUT2D eigenvalue weighted by molar-refractivity contribution is 5.75. The van der Waals surface area contributed by atoms with E-state index >= 15 is 0 Å². The number of rotatable bonds is 7. The Labute approximate surface area is 125 Å². The standard InChI is InChI=1S/C16H22N4O/c1-3-9-19(10-7-15-6-4-5-8-17-15)16(21)13-20-12-14(2)11-18-20/h4-6,8,11-12H,3,7,9-10,13H2,1-2H3. The molecule has 2 aromatic rings. The molecule has 0 aliphatic heterocycles.